The number of likely N-dealkylation sites (tertiary alicyclic amines) is 1. The number of aryl methyl sites for hydroxylation is 1. The normalized spacial score (nSPS) is 18.4. The first-order valence-corrected chi connectivity index (χ1v) is 7.52. The fraction of sp³-hybridized carbons (Fsp3) is 0.533. The van der Waals surface area contributed by atoms with Crippen LogP contribution in [-0.2, 0) is 0 Å². The molecule has 0 bridgehead atoms. The lowest BCUT2D eigenvalue weighted by Gasteiger charge is -2.33. The van der Waals surface area contributed by atoms with Crippen LogP contribution in [0.5, 0.6) is 0 Å². The smallest absolute Gasteiger partial charge is 0.253 e. The molecule has 0 aliphatic carbocycles. The number of piperidine rings is 1. The van der Waals surface area contributed by atoms with Crippen LogP contribution < -0.4 is 0 Å². The van der Waals surface area contributed by atoms with E-state index in [9.17, 15) is 9.90 Å². The van der Waals surface area contributed by atoms with Gasteiger partial charge in [0.05, 0.1) is 6.10 Å². The molecule has 1 amide bonds. The molecule has 1 aromatic rings. The second kappa shape index (κ2) is 6.06. The Balaban J connectivity index is 2.03. The molecular weight excluding hydrogens is 306 g/mol. The Bertz CT molecular complexity index is 465. The number of benzene rings is 1. The van der Waals surface area contributed by atoms with E-state index >= 15 is 0 Å². The molecule has 104 valence electrons. The van der Waals surface area contributed by atoms with Gasteiger partial charge in [0.25, 0.3) is 5.91 Å². The van der Waals surface area contributed by atoms with Gasteiger partial charge >= 0.3 is 0 Å². The predicted octanol–water partition coefficient (Wildman–Crippen LogP) is 2.99. The van der Waals surface area contributed by atoms with Crippen molar-refractivity contribution in [3.63, 3.8) is 0 Å². The first-order chi connectivity index (χ1) is 8.99. The zero-order chi connectivity index (χ0) is 14.0. The molecule has 1 aliphatic rings. The highest BCUT2D eigenvalue weighted by atomic mass is 79.9. The second-order valence-corrected chi connectivity index (χ2v) is 6.19. The van der Waals surface area contributed by atoms with Crippen molar-refractivity contribution in [1.82, 2.24) is 4.90 Å². The Morgan fingerprint density at radius 1 is 1.42 bits per heavy atom. The van der Waals surface area contributed by atoms with Crippen LogP contribution in [0.2, 0.25) is 0 Å². The Morgan fingerprint density at radius 3 is 2.58 bits per heavy atom. The first kappa shape index (κ1) is 14.5. The third-order valence-corrected chi connectivity index (χ3v) is 4.78. The van der Waals surface area contributed by atoms with Crippen LogP contribution >= 0.6 is 15.9 Å². The predicted molar refractivity (Wildman–Crippen MR) is 79.2 cm³/mol. The van der Waals surface area contributed by atoms with E-state index in [1.165, 1.54) is 0 Å². The maximum Gasteiger partial charge on any atom is 0.253 e. The molecule has 4 heteroatoms. The van der Waals surface area contributed by atoms with E-state index in [1.54, 1.807) is 0 Å². The summed E-state index contributed by atoms with van der Waals surface area (Å²) in [5.41, 5.74) is 1.86. The van der Waals surface area contributed by atoms with Crippen molar-refractivity contribution in [1.29, 1.82) is 0 Å². The van der Waals surface area contributed by atoms with Gasteiger partial charge in [0, 0.05) is 23.1 Å². The minimum atomic E-state index is -0.272. The number of nitrogens with zero attached hydrogens (tertiary/aromatic N) is 1. The lowest BCUT2D eigenvalue weighted by Crippen LogP contribution is -2.40. The van der Waals surface area contributed by atoms with Gasteiger partial charge in [-0.2, -0.15) is 0 Å². The van der Waals surface area contributed by atoms with E-state index < -0.39 is 0 Å². The Hall–Kier alpha value is -0.870. The molecule has 19 heavy (non-hydrogen) atoms. The summed E-state index contributed by atoms with van der Waals surface area (Å²) < 4.78 is 0.970. The highest BCUT2D eigenvalue weighted by Gasteiger charge is 2.26. The molecule has 1 atom stereocenters. The summed E-state index contributed by atoms with van der Waals surface area (Å²) >= 11 is 3.46. The molecule has 1 fully saturated rings. The number of halogens is 1. The summed E-state index contributed by atoms with van der Waals surface area (Å²) in [6.45, 7) is 5.31. The zero-order valence-electron chi connectivity index (χ0n) is 11.4. The molecule has 0 radical (unpaired) electrons. The van der Waals surface area contributed by atoms with Crippen LogP contribution in [-0.4, -0.2) is 35.1 Å². The summed E-state index contributed by atoms with van der Waals surface area (Å²) in [6, 6.07) is 5.72. The number of amides is 1. The van der Waals surface area contributed by atoms with E-state index in [0.29, 0.717) is 5.92 Å². The van der Waals surface area contributed by atoms with Gasteiger partial charge in [-0.05, 0) is 50.3 Å². The SMILES string of the molecule is Cc1ccc(C(=O)N2CCC(C(C)O)CC2)cc1Br. The summed E-state index contributed by atoms with van der Waals surface area (Å²) in [5, 5.41) is 9.58. The van der Waals surface area contributed by atoms with Crippen LogP contribution in [0.3, 0.4) is 0 Å². The Morgan fingerprint density at radius 2 is 2.05 bits per heavy atom. The van der Waals surface area contributed by atoms with Gasteiger partial charge in [0.2, 0.25) is 0 Å². The van der Waals surface area contributed by atoms with Crippen LogP contribution in [0.25, 0.3) is 0 Å². The van der Waals surface area contributed by atoms with Crippen molar-refractivity contribution in [2.75, 3.05) is 13.1 Å². The fourth-order valence-electron chi connectivity index (χ4n) is 2.49. The molecule has 0 aromatic heterocycles. The van der Waals surface area contributed by atoms with Gasteiger partial charge in [-0.15, -0.1) is 0 Å². The molecule has 3 nitrogen and oxygen atoms in total. The van der Waals surface area contributed by atoms with Gasteiger partial charge in [0.15, 0.2) is 0 Å². The number of aliphatic hydroxyl groups is 1. The quantitative estimate of drug-likeness (QED) is 0.908. The second-order valence-electron chi connectivity index (χ2n) is 5.33. The van der Waals surface area contributed by atoms with E-state index in [1.807, 2.05) is 36.9 Å². The number of aliphatic hydroxyl groups excluding tert-OH is 1. The van der Waals surface area contributed by atoms with Crippen molar-refractivity contribution < 1.29 is 9.90 Å². The summed E-state index contributed by atoms with van der Waals surface area (Å²) in [5.74, 6) is 0.415. The van der Waals surface area contributed by atoms with E-state index in [-0.39, 0.29) is 12.0 Å². The molecule has 1 unspecified atom stereocenters. The summed E-state index contributed by atoms with van der Waals surface area (Å²) in [6.07, 6.45) is 1.50. The Labute approximate surface area is 122 Å². The van der Waals surface area contributed by atoms with Crippen molar-refractivity contribution in [3.8, 4) is 0 Å². The van der Waals surface area contributed by atoms with Crippen LogP contribution in [0, 0.1) is 12.8 Å². The number of hydrogen-bond acceptors (Lipinski definition) is 2. The molecule has 1 heterocycles. The minimum absolute atomic E-state index is 0.0877. The molecule has 1 aromatic carbocycles. The maximum atomic E-state index is 12.4. The highest BCUT2D eigenvalue weighted by Crippen LogP contribution is 2.23. The number of hydrogen-bond donors (Lipinski definition) is 1. The molecule has 1 saturated heterocycles. The largest absolute Gasteiger partial charge is 0.393 e. The van der Waals surface area contributed by atoms with Crippen molar-refractivity contribution in [3.05, 3.63) is 33.8 Å². The minimum Gasteiger partial charge on any atom is -0.393 e. The van der Waals surface area contributed by atoms with Crippen LogP contribution in [0.15, 0.2) is 22.7 Å². The maximum absolute atomic E-state index is 12.4. The number of rotatable bonds is 2. The number of carbonyl (C=O) groups excluding carboxylic acids is 1. The topological polar surface area (TPSA) is 40.5 Å². The lowest BCUT2D eigenvalue weighted by molar-refractivity contribution is 0.0521. The van der Waals surface area contributed by atoms with Gasteiger partial charge in [0.1, 0.15) is 0 Å². The van der Waals surface area contributed by atoms with Crippen LogP contribution in [0.4, 0.5) is 0 Å². The molecule has 0 saturated carbocycles. The van der Waals surface area contributed by atoms with Gasteiger partial charge in [-0.1, -0.05) is 22.0 Å². The van der Waals surface area contributed by atoms with Gasteiger partial charge in [-0.25, -0.2) is 0 Å². The van der Waals surface area contributed by atoms with E-state index in [0.717, 1.165) is 41.5 Å². The number of carbonyl (C=O) groups is 1. The lowest BCUT2D eigenvalue weighted by atomic mass is 9.92. The molecule has 1 aliphatic heterocycles. The molecule has 1 N–H and O–H groups in total. The molecule has 0 spiro atoms. The van der Waals surface area contributed by atoms with Crippen molar-refractivity contribution in [2.45, 2.75) is 32.8 Å². The fourth-order valence-corrected chi connectivity index (χ4v) is 2.87. The van der Waals surface area contributed by atoms with Gasteiger partial charge in [-0.3, -0.25) is 4.79 Å². The molecular formula is C15H20BrNO2. The van der Waals surface area contributed by atoms with E-state index in [2.05, 4.69) is 15.9 Å². The Kier molecular flexibility index (Phi) is 4.63. The standard InChI is InChI=1S/C15H20BrNO2/c1-10-3-4-13(9-14(10)16)15(19)17-7-5-12(6-8-17)11(2)18/h3-4,9,11-12,18H,5-8H2,1-2H3. The first-order valence-electron chi connectivity index (χ1n) is 6.72. The van der Waals surface area contributed by atoms with Crippen LogP contribution in [0.1, 0.15) is 35.7 Å². The highest BCUT2D eigenvalue weighted by molar-refractivity contribution is 9.10. The zero-order valence-corrected chi connectivity index (χ0v) is 13.0. The summed E-state index contributed by atoms with van der Waals surface area (Å²) in [4.78, 5) is 14.3. The third kappa shape index (κ3) is 3.37. The third-order valence-electron chi connectivity index (χ3n) is 3.93. The van der Waals surface area contributed by atoms with Gasteiger partial charge < -0.3 is 10.0 Å². The monoisotopic (exact) mass is 325 g/mol. The average Bonchev–Trinajstić information content (AvgIpc) is 2.41. The molecule has 2 rings (SSSR count). The summed E-state index contributed by atoms with van der Waals surface area (Å²) in [7, 11) is 0. The van der Waals surface area contributed by atoms with Crippen molar-refractivity contribution in [2.24, 2.45) is 5.92 Å². The van der Waals surface area contributed by atoms with Crippen molar-refractivity contribution >= 4 is 21.8 Å². The van der Waals surface area contributed by atoms with E-state index in [4.69, 9.17) is 0 Å². The average molecular weight is 326 g/mol.